The molecule has 2 heterocycles. The van der Waals surface area contributed by atoms with E-state index >= 15 is 0 Å². The van der Waals surface area contributed by atoms with Gasteiger partial charge < -0.3 is 4.98 Å². The lowest BCUT2D eigenvalue weighted by Gasteiger charge is -2.18. The fourth-order valence-electron chi connectivity index (χ4n) is 3.61. The number of pyridine rings is 1. The standard InChI is InChI=1S/C23H22N2/c1-3-9-18(10-4-1)21(19-11-5-2-6-12-19)14-7-13-20-17-25-23-22(20)15-8-16-24-23/h1-6,8-12,15-17,21H,7,13-14H2,(H,24,25). The molecule has 0 fully saturated rings. The van der Waals surface area contributed by atoms with E-state index in [0.717, 1.165) is 24.9 Å². The minimum atomic E-state index is 0.450. The summed E-state index contributed by atoms with van der Waals surface area (Å²) < 4.78 is 0. The van der Waals surface area contributed by atoms with E-state index in [2.05, 4.69) is 82.9 Å². The summed E-state index contributed by atoms with van der Waals surface area (Å²) in [6, 6.07) is 25.9. The normalized spacial score (nSPS) is 11.2. The second-order valence-electron chi connectivity index (χ2n) is 6.48. The van der Waals surface area contributed by atoms with Crippen LogP contribution in [0.4, 0.5) is 0 Å². The lowest BCUT2D eigenvalue weighted by molar-refractivity contribution is 0.662. The van der Waals surface area contributed by atoms with Crippen LogP contribution in [0.1, 0.15) is 35.4 Å². The Morgan fingerprint density at radius 3 is 2.16 bits per heavy atom. The molecule has 2 aromatic carbocycles. The number of nitrogens with one attached hydrogen (secondary N) is 1. The van der Waals surface area contributed by atoms with E-state index in [0.29, 0.717) is 5.92 Å². The highest BCUT2D eigenvalue weighted by Crippen LogP contribution is 2.30. The third kappa shape index (κ3) is 3.48. The molecular formula is C23H22N2. The molecule has 0 amide bonds. The lowest BCUT2D eigenvalue weighted by atomic mass is 9.86. The van der Waals surface area contributed by atoms with Crippen LogP contribution in [-0.2, 0) is 6.42 Å². The number of nitrogens with zero attached hydrogens (tertiary/aromatic N) is 1. The third-order valence-electron chi connectivity index (χ3n) is 4.88. The Balaban J connectivity index is 1.51. The first-order chi connectivity index (χ1) is 12.4. The van der Waals surface area contributed by atoms with Crippen molar-refractivity contribution in [1.29, 1.82) is 0 Å². The number of H-pyrrole nitrogens is 1. The highest BCUT2D eigenvalue weighted by molar-refractivity contribution is 5.79. The van der Waals surface area contributed by atoms with Crippen molar-refractivity contribution in [3.05, 3.63) is 102 Å². The zero-order valence-corrected chi connectivity index (χ0v) is 14.2. The topological polar surface area (TPSA) is 28.7 Å². The minimum Gasteiger partial charge on any atom is -0.346 e. The molecule has 25 heavy (non-hydrogen) atoms. The second kappa shape index (κ2) is 7.35. The van der Waals surface area contributed by atoms with Gasteiger partial charge >= 0.3 is 0 Å². The summed E-state index contributed by atoms with van der Waals surface area (Å²) in [6.07, 6.45) is 7.31. The van der Waals surface area contributed by atoms with Gasteiger partial charge in [0.15, 0.2) is 0 Å². The van der Waals surface area contributed by atoms with Gasteiger partial charge in [0.1, 0.15) is 5.65 Å². The lowest BCUT2D eigenvalue weighted by Crippen LogP contribution is -2.02. The van der Waals surface area contributed by atoms with Crippen molar-refractivity contribution in [3.8, 4) is 0 Å². The number of aryl methyl sites for hydroxylation is 1. The Morgan fingerprint density at radius 2 is 1.48 bits per heavy atom. The maximum absolute atomic E-state index is 4.38. The molecule has 1 N–H and O–H groups in total. The molecule has 0 aliphatic carbocycles. The van der Waals surface area contributed by atoms with Crippen molar-refractivity contribution in [3.63, 3.8) is 0 Å². The quantitative estimate of drug-likeness (QED) is 0.482. The number of fused-ring (bicyclic) bond motifs is 1. The van der Waals surface area contributed by atoms with Crippen LogP contribution in [-0.4, -0.2) is 9.97 Å². The number of rotatable bonds is 6. The number of benzene rings is 2. The van der Waals surface area contributed by atoms with Gasteiger partial charge in [0.05, 0.1) is 0 Å². The summed E-state index contributed by atoms with van der Waals surface area (Å²) in [5.41, 5.74) is 5.15. The summed E-state index contributed by atoms with van der Waals surface area (Å²) in [7, 11) is 0. The average molecular weight is 326 g/mol. The molecule has 2 heteroatoms. The highest BCUT2D eigenvalue weighted by Gasteiger charge is 2.14. The molecule has 4 aromatic rings. The maximum Gasteiger partial charge on any atom is 0.137 e. The summed E-state index contributed by atoms with van der Waals surface area (Å²) in [6.45, 7) is 0. The molecule has 2 nitrogen and oxygen atoms in total. The van der Waals surface area contributed by atoms with Gasteiger partial charge in [0, 0.05) is 23.7 Å². The predicted octanol–water partition coefficient (Wildman–Crippen LogP) is 5.72. The van der Waals surface area contributed by atoms with E-state index in [9.17, 15) is 0 Å². The molecule has 0 unspecified atom stereocenters. The smallest absolute Gasteiger partial charge is 0.137 e. The van der Waals surface area contributed by atoms with Crippen LogP contribution in [0.3, 0.4) is 0 Å². The monoisotopic (exact) mass is 326 g/mol. The number of aromatic nitrogens is 2. The van der Waals surface area contributed by atoms with E-state index in [1.807, 2.05) is 12.3 Å². The van der Waals surface area contributed by atoms with Gasteiger partial charge in [-0.2, -0.15) is 0 Å². The van der Waals surface area contributed by atoms with Crippen LogP contribution < -0.4 is 0 Å². The van der Waals surface area contributed by atoms with E-state index in [1.54, 1.807) is 0 Å². The molecule has 0 aliphatic rings. The molecular weight excluding hydrogens is 304 g/mol. The van der Waals surface area contributed by atoms with Crippen molar-refractivity contribution in [1.82, 2.24) is 9.97 Å². The second-order valence-corrected chi connectivity index (χ2v) is 6.48. The Kier molecular flexibility index (Phi) is 4.60. The van der Waals surface area contributed by atoms with Gasteiger partial charge in [0.2, 0.25) is 0 Å². The van der Waals surface area contributed by atoms with E-state index in [-0.39, 0.29) is 0 Å². The Hall–Kier alpha value is -2.87. The predicted molar refractivity (Wildman–Crippen MR) is 104 cm³/mol. The van der Waals surface area contributed by atoms with Gasteiger partial charge in [-0.15, -0.1) is 0 Å². The van der Waals surface area contributed by atoms with Crippen molar-refractivity contribution < 1.29 is 0 Å². The molecule has 0 spiro atoms. The van der Waals surface area contributed by atoms with Crippen LogP contribution in [0, 0.1) is 0 Å². The molecule has 0 aliphatic heterocycles. The first-order valence-electron chi connectivity index (χ1n) is 8.93. The molecule has 0 radical (unpaired) electrons. The summed E-state index contributed by atoms with van der Waals surface area (Å²) in [4.78, 5) is 7.66. The first-order valence-corrected chi connectivity index (χ1v) is 8.93. The minimum absolute atomic E-state index is 0.450. The maximum atomic E-state index is 4.38. The Morgan fingerprint density at radius 1 is 0.800 bits per heavy atom. The Labute approximate surface area is 148 Å². The van der Waals surface area contributed by atoms with Gasteiger partial charge in [-0.3, -0.25) is 0 Å². The van der Waals surface area contributed by atoms with Crippen LogP contribution in [0.5, 0.6) is 0 Å². The third-order valence-corrected chi connectivity index (χ3v) is 4.88. The first kappa shape index (κ1) is 15.6. The number of hydrogen-bond acceptors (Lipinski definition) is 1. The fourth-order valence-corrected chi connectivity index (χ4v) is 3.61. The van der Waals surface area contributed by atoms with Crippen LogP contribution in [0.15, 0.2) is 85.2 Å². The molecule has 0 saturated carbocycles. The van der Waals surface area contributed by atoms with E-state index < -0.39 is 0 Å². The molecule has 0 saturated heterocycles. The van der Waals surface area contributed by atoms with Crippen molar-refractivity contribution >= 4 is 11.0 Å². The highest BCUT2D eigenvalue weighted by atomic mass is 14.8. The zero-order chi connectivity index (χ0) is 16.9. The fraction of sp³-hybridized carbons (Fsp3) is 0.174. The van der Waals surface area contributed by atoms with Gasteiger partial charge in [-0.05, 0) is 48.1 Å². The summed E-state index contributed by atoms with van der Waals surface area (Å²) in [5.74, 6) is 0.450. The van der Waals surface area contributed by atoms with Crippen molar-refractivity contribution in [2.24, 2.45) is 0 Å². The van der Waals surface area contributed by atoms with Gasteiger partial charge in [0.25, 0.3) is 0 Å². The molecule has 0 bridgehead atoms. The van der Waals surface area contributed by atoms with Gasteiger partial charge in [-0.25, -0.2) is 4.98 Å². The molecule has 4 rings (SSSR count). The molecule has 0 atom stereocenters. The van der Waals surface area contributed by atoms with E-state index in [1.165, 1.54) is 22.1 Å². The largest absolute Gasteiger partial charge is 0.346 e. The van der Waals surface area contributed by atoms with Gasteiger partial charge in [-0.1, -0.05) is 60.7 Å². The van der Waals surface area contributed by atoms with Crippen molar-refractivity contribution in [2.75, 3.05) is 0 Å². The van der Waals surface area contributed by atoms with Crippen LogP contribution in [0.2, 0.25) is 0 Å². The Bertz CT molecular complexity index is 886. The molecule has 2 aromatic heterocycles. The molecule has 124 valence electrons. The van der Waals surface area contributed by atoms with Crippen LogP contribution >= 0.6 is 0 Å². The van der Waals surface area contributed by atoms with Crippen LogP contribution in [0.25, 0.3) is 11.0 Å². The SMILES string of the molecule is c1ccc(C(CCCc2c[nH]c3ncccc23)c2ccccc2)cc1. The van der Waals surface area contributed by atoms with Crippen molar-refractivity contribution in [2.45, 2.75) is 25.2 Å². The summed E-state index contributed by atoms with van der Waals surface area (Å²) >= 11 is 0. The summed E-state index contributed by atoms with van der Waals surface area (Å²) in [5, 5.41) is 1.25. The average Bonchev–Trinajstić information content (AvgIpc) is 3.10. The number of hydrogen-bond donors (Lipinski definition) is 1. The zero-order valence-electron chi connectivity index (χ0n) is 14.2. The number of aromatic amines is 1. The van der Waals surface area contributed by atoms with E-state index in [4.69, 9.17) is 0 Å².